The standard InChI is InChI=1S/C17H16O3/c18-11-2-1-4-14-7-9-17(10-8-14)20-13-15-5-3-6-16(19)12-15/h3,5-10,12,18-19H,2,11,13H2. The number of hydrogen-bond acceptors (Lipinski definition) is 3. The van der Waals surface area contributed by atoms with Crippen LogP contribution in [0.15, 0.2) is 48.5 Å². The average Bonchev–Trinajstić information content (AvgIpc) is 2.47. The lowest BCUT2D eigenvalue weighted by Crippen LogP contribution is -1.94. The van der Waals surface area contributed by atoms with Crippen molar-refractivity contribution in [3.8, 4) is 23.3 Å². The Morgan fingerprint density at radius 2 is 1.85 bits per heavy atom. The Labute approximate surface area is 118 Å². The molecule has 20 heavy (non-hydrogen) atoms. The molecule has 0 bridgehead atoms. The van der Waals surface area contributed by atoms with E-state index in [1.165, 1.54) is 0 Å². The molecule has 0 saturated carbocycles. The van der Waals surface area contributed by atoms with Crippen LogP contribution in [0.2, 0.25) is 0 Å². The third kappa shape index (κ3) is 4.34. The Kier molecular flexibility index (Phi) is 5.05. The SMILES string of the molecule is OCCC#Cc1ccc(OCc2cccc(O)c2)cc1. The fourth-order valence-electron chi connectivity index (χ4n) is 1.67. The third-order valence-electron chi connectivity index (χ3n) is 2.64. The molecule has 0 radical (unpaired) electrons. The zero-order chi connectivity index (χ0) is 14.2. The number of aliphatic hydroxyl groups excluding tert-OH is 1. The molecule has 0 atom stereocenters. The van der Waals surface area contributed by atoms with E-state index in [1.54, 1.807) is 18.2 Å². The molecule has 0 aromatic heterocycles. The van der Waals surface area contributed by atoms with Crippen LogP contribution < -0.4 is 4.74 Å². The van der Waals surface area contributed by atoms with Gasteiger partial charge >= 0.3 is 0 Å². The molecule has 0 fully saturated rings. The first-order valence-corrected chi connectivity index (χ1v) is 6.38. The second-order valence-electron chi connectivity index (χ2n) is 4.26. The predicted octanol–water partition coefficient (Wildman–Crippen LogP) is 2.71. The summed E-state index contributed by atoms with van der Waals surface area (Å²) in [6, 6.07) is 14.4. The lowest BCUT2D eigenvalue weighted by molar-refractivity contribution is 0.305. The van der Waals surface area contributed by atoms with Crippen molar-refractivity contribution in [2.75, 3.05) is 6.61 Å². The van der Waals surface area contributed by atoms with E-state index in [1.807, 2.05) is 30.3 Å². The zero-order valence-electron chi connectivity index (χ0n) is 11.0. The van der Waals surface area contributed by atoms with Crippen LogP contribution in [0.5, 0.6) is 11.5 Å². The number of phenols is 1. The van der Waals surface area contributed by atoms with Crippen molar-refractivity contribution in [2.45, 2.75) is 13.0 Å². The van der Waals surface area contributed by atoms with Gasteiger partial charge < -0.3 is 14.9 Å². The summed E-state index contributed by atoms with van der Waals surface area (Å²) in [5.74, 6) is 6.81. The zero-order valence-corrected chi connectivity index (χ0v) is 11.0. The van der Waals surface area contributed by atoms with Crippen LogP contribution in [0.4, 0.5) is 0 Å². The largest absolute Gasteiger partial charge is 0.508 e. The van der Waals surface area contributed by atoms with Gasteiger partial charge in [0.2, 0.25) is 0 Å². The van der Waals surface area contributed by atoms with Gasteiger partial charge in [-0.2, -0.15) is 0 Å². The van der Waals surface area contributed by atoms with Crippen molar-refractivity contribution < 1.29 is 14.9 Å². The van der Waals surface area contributed by atoms with Gasteiger partial charge in [0, 0.05) is 12.0 Å². The number of hydrogen-bond donors (Lipinski definition) is 2. The van der Waals surface area contributed by atoms with E-state index in [0.29, 0.717) is 13.0 Å². The molecule has 3 nitrogen and oxygen atoms in total. The van der Waals surface area contributed by atoms with Crippen LogP contribution in [0.1, 0.15) is 17.5 Å². The van der Waals surface area contributed by atoms with E-state index in [-0.39, 0.29) is 12.4 Å². The van der Waals surface area contributed by atoms with E-state index in [9.17, 15) is 5.11 Å². The minimum absolute atomic E-state index is 0.0815. The number of ether oxygens (including phenoxy) is 1. The van der Waals surface area contributed by atoms with E-state index in [2.05, 4.69) is 11.8 Å². The summed E-state index contributed by atoms with van der Waals surface area (Å²) in [5.41, 5.74) is 1.81. The first kappa shape index (κ1) is 14.0. The van der Waals surface area contributed by atoms with Crippen LogP contribution in [-0.2, 0) is 6.61 Å². The summed E-state index contributed by atoms with van der Waals surface area (Å²) in [5, 5.41) is 18.0. The summed E-state index contributed by atoms with van der Waals surface area (Å²) in [7, 11) is 0. The van der Waals surface area contributed by atoms with Crippen molar-refractivity contribution in [1.82, 2.24) is 0 Å². The number of benzene rings is 2. The van der Waals surface area contributed by atoms with E-state index < -0.39 is 0 Å². The Morgan fingerprint density at radius 1 is 1.05 bits per heavy atom. The van der Waals surface area contributed by atoms with Crippen molar-refractivity contribution in [1.29, 1.82) is 0 Å². The quantitative estimate of drug-likeness (QED) is 0.838. The van der Waals surface area contributed by atoms with Crippen LogP contribution in [0.3, 0.4) is 0 Å². The molecule has 2 N–H and O–H groups in total. The van der Waals surface area contributed by atoms with E-state index >= 15 is 0 Å². The van der Waals surface area contributed by atoms with Crippen LogP contribution >= 0.6 is 0 Å². The van der Waals surface area contributed by atoms with Gasteiger partial charge in [-0.25, -0.2) is 0 Å². The maximum atomic E-state index is 9.36. The summed E-state index contributed by atoms with van der Waals surface area (Å²) < 4.78 is 5.63. The Bertz CT molecular complexity index is 606. The van der Waals surface area contributed by atoms with Gasteiger partial charge in [0.15, 0.2) is 0 Å². The summed E-state index contributed by atoms with van der Waals surface area (Å²) in [4.78, 5) is 0. The van der Waals surface area contributed by atoms with Gasteiger partial charge in [-0.15, -0.1) is 0 Å². The van der Waals surface area contributed by atoms with Crippen LogP contribution in [0.25, 0.3) is 0 Å². The second-order valence-corrected chi connectivity index (χ2v) is 4.26. The fourth-order valence-corrected chi connectivity index (χ4v) is 1.67. The fraction of sp³-hybridized carbons (Fsp3) is 0.176. The molecule has 0 saturated heterocycles. The normalized spacial score (nSPS) is 9.65. The maximum Gasteiger partial charge on any atom is 0.119 e. The maximum absolute atomic E-state index is 9.36. The molecular formula is C17H16O3. The third-order valence-corrected chi connectivity index (χ3v) is 2.64. The number of aromatic hydroxyl groups is 1. The van der Waals surface area contributed by atoms with E-state index in [0.717, 1.165) is 16.9 Å². The monoisotopic (exact) mass is 268 g/mol. The van der Waals surface area contributed by atoms with Crippen molar-refractivity contribution in [3.05, 3.63) is 59.7 Å². The highest BCUT2D eigenvalue weighted by molar-refractivity contribution is 5.38. The van der Waals surface area contributed by atoms with Gasteiger partial charge in [-0.1, -0.05) is 24.0 Å². The highest BCUT2D eigenvalue weighted by atomic mass is 16.5. The smallest absolute Gasteiger partial charge is 0.119 e. The molecule has 0 spiro atoms. The molecule has 102 valence electrons. The van der Waals surface area contributed by atoms with Gasteiger partial charge in [-0.05, 0) is 42.0 Å². The Morgan fingerprint density at radius 3 is 2.55 bits per heavy atom. The molecular weight excluding hydrogens is 252 g/mol. The van der Waals surface area contributed by atoms with Crippen molar-refractivity contribution in [2.24, 2.45) is 0 Å². The summed E-state index contributed by atoms with van der Waals surface area (Å²) in [6.07, 6.45) is 0.482. The molecule has 2 aromatic carbocycles. The molecule has 0 aliphatic rings. The van der Waals surface area contributed by atoms with Gasteiger partial charge in [0.05, 0.1) is 6.61 Å². The summed E-state index contributed by atoms with van der Waals surface area (Å²) >= 11 is 0. The lowest BCUT2D eigenvalue weighted by Gasteiger charge is -2.06. The first-order chi connectivity index (χ1) is 9.78. The second kappa shape index (κ2) is 7.22. The topological polar surface area (TPSA) is 49.7 Å². The molecule has 2 rings (SSSR count). The highest BCUT2D eigenvalue weighted by Gasteiger charge is 1.97. The van der Waals surface area contributed by atoms with Gasteiger partial charge in [0.1, 0.15) is 18.1 Å². The number of aliphatic hydroxyl groups is 1. The molecule has 2 aromatic rings. The molecule has 0 aliphatic carbocycles. The number of rotatable bonds is 4. The van der Waals surface area contributed by atoms with Crippen molar-refractivity contribution >= 4 is 0 Å². The number of phenolic OH excluding ortho intramolecular Hbond substituents is 1. The van der Waals surface area contributed by atoms with Crippen LogP contribution in [-0.4, -0.2) is 16.8 Å². The van der Waals surface area contributed by atoms with E-state index in [4.69, 9.17) is 9.84 Å². The molecule has 0 amide bonds. The molecule has 0 unspecified atom stereocenters. The predicted molar refractivity (Wildman–Crippen MR) is 77.5 cm³/mol. The molecule has 0 heterocycles. The average molecular weight is 268 g/mol. The minimum Gasteiger partial charge on any atom is -0.508 e. The molecule has 3 heteroatoms. The first-order valence-electron chi connectivity index (χ1n) is 6.38. The van der Waals surface area contributed by atoms with Gasteiger partial charge in [-0.3, -0.25) is 0 Å². The van der Waals surface area contributed by atoms with Crippen LogP contribution in [0, 0.1) is 11.8 Å². The van der Waals surface area contributed by atoms with Crippen molar-refractivity contribution in [3.63, 3.8) is 0 Å². The Hall–Kier alpha value is -2.44. The highest BCUT2D eigenvalue weighted by Crippen LogP contribution is 2.16. The molecule has 0 aliphatic heterocycles. The lowest BCUT2D eigenvalue weighted by atomic mass is 10.2. The summed E-state index contributed by atoms with van der Waals surface area (Å²) in [6.45, 7) is 0.488. The Balaban J connectivity index is 1.93. The minimum atomic E-state index is 0.0815. The van der Waals surface area contributed by atoms with Gasteiger partial charge in [0.25, 0.3) is 0 Å².